The van der Waals surface area contributed by atoms with Gasteiger partial charge in [0.1, 0.15) is 0 Å². The molecular weight excluding hydrogens is 200 g/mol. The Morgan fingerprint density at radius 3 is 2.81 bits per heavy atom. The van der Waals surface area contributed by atoms with E-state index in [-0.39, 0.29) is 17.1 Å². The smallest absolute Gasteiger partial charge is 0.156 e. The number of hydrogen-bond donors (Lipinski definition) is 1. The Labute approximate surface area is 97.0 Å². The number of rotatable bonds is 2. The minimum Gasteiger partial charge on any atom is -0.385 e. The van der Waals surface area contributed by atoms with Gasteiger partial charge in [-0.15, -0.1) is 6.58 Å². The van der Waals surface area contributed by atoms with Crippen molar-refractivity contribution in [3.8, 4) is 0 Å². The molecule has 0 amide bonds. The predicted molar refractivity (Wildman–Crippen MR) is 64.0 cm³/mol. The van der Waals surface area contributed by atoms with Crippen LogP contribution in [0.1, 0.15) is 40.0 Å². The standard InChI is InChI=1S/C14H20O2/c1-9(2)7-14(16)8-13(3,4)11-5-10(15)6-12(11)14/h6,11,16H,1,5,7-8H2,2-4H3/t11-,14+/m1/s1. The van der Waals surface area contributed by atoms with Crippen molar-refractivity contribution < 1.29 is 9.90 Å². The molecule has 0 saturated heterocycles. The molecule has 2 atom stereocenters. The van der Waals surface area contributed by atoms with Crippen LogP contribution in [0.25, 0.3) is 0 Å². The maximum absolute atomic E-state index is 11.5. The number of ketones is 1. The Morgan fingerprint density at radius 1 is 1.62 bits per heavy atom. The molecule has 0 spiro atoms. The van der Waals surface area contributed by atoms with Crippen LogP contribution in [0.5, 0.6) is 0 Å². The van der Waals surface area contributed by atoms with Gasteiger partial charge in [0, 0.05) is 12.8 Å². The van der Waals surface area contributed by atoms with Gasteiger partial charge in [-0.3, -0.25) is 4.79 Å². The molecule has 0 unspecified atom stereocenters. The van der Waals surface area contributed by atoms with Gasteiger partial charge in [0.05, 0.1) is 5.60 Å². The number of carbonyl (C=O) groups excluding carboxylic acids is 1. The van der Waals surface area contributed by atoms with Crippen molar-refractivity contribution in [2.75, 3.05) is 0 Å². The summed E-state index contributed by atoms with van der Waals surface area (Å²) in [7, 11) is 0. The van der Waals surface area contributed by atoms with Crippen LogP contribution in [-0.4, -0.2) is 16.5 Å². The lowest BCUT2D eigenvalue weighted by Crippen LogP contribution is -2.28. The first kappa shape index (κ1) is 11.6. The Kier molecular flexibility index (Phi) is 2.39. The summed E-state index contributed by atoms with van der Waals surface area (Å²) >= 11 is 0. The minimum atomic E-state index is -0.827. The van der Waals surface area contributed by atoms with Crippen molar-refractivity contribution in [2.24, 2.45) is 11.3 Å². The topological polar surface area (TPSA) is 37.3 Å². The summed E-state index contributed by atoms with van der Waals surface area (Å²) < 4.78 is 0. The van der Waals surface area contributed by atoms with Gasteiger partial charge in [-0.25, -0.2) is 0 Å². The lowest BCUT2D eigenvalue weighted by molar-refractivity contribution is -0.115. The van der Waals surface area contributed by atoms with E-state index in [4.69, 9.17) is 0 Å². The van der Waals surface area contributed by atoms with Crippen LogP contribution in [0.3, 0.4) is 0 Å². The molecule has 88 valence electrons. The zero-order chi connectivity index (χ0) is 12.1. The maximum atomic E-state index is 11.5. The molecule has 2 heteroatoms. The number of aliphatic hydroxyl groups is 1. The summed E-state index contributed by atoms with van der Waals surface area (Å²) in [4.78, 5) is 11.5. The summed E-state index contributed by atoms with van der Waals surface area (Å²) in [6.45, 7) is 10.1. The largest absolute Gasteiger partial charge is 0.385 e. The number of fused-ring (bicyclic) bond motifs is 1. The number of carbonyl (C=O) groups is 1. The molecule has 0 bridgehead atoms. The molecule has 0 aromatic heterocycles. The van der Waals surface area contributed by atoms with Crippen molar-refractivity contribution in [2.45, 2.75) is 45.6 Å². The summed E-state index contributed by atoms with van der Waals surface area (Å²) in [6.07, 6.45) is 3.55. The first-order valence-electron chi connectivity index (χ1n) is 5.86. The quantitative estimate of drug-likeness (QED) is 0.726. The van der Waals surface area contributed by atoms with Gasteiger partial charge in [0.15, 0.2) is 5.78 Å². The molecule has 2 aliphatic carbocycles. The van der Waals surface area contributed by atoms with Gasteiger partial charge in [0.2, 0.25) is 0 Å². The zero-order valence-electron chi connectivity index (χ0n) is 10.3. The molecule has 16 heavy (non-hydrogen) atoms. The van der Waals surface area contributed by atoms with Crippen molar-refractivity contribution in [3.63, 3.8) is 0 Å². The number of allylic oxidation sites excluding steroid dienone is 1. The Bertz CT molecular complexity index is 390. The van der Waals surface area contributed by atoms with Gasteiger partial charge in [-0.05, 0) is 36.3 Å². The summed E-state index contributed by atoms with van der Waals surface area (Å²) in [6, 6.07) is 0. The van der Waals surface area contributed by atoms with Gasteiger partial charge in [0.25, 0.3) is 0 Å². The second-order valence-electron chi connectivity index (χ2n) is 6.15. The van der Waals surface area contributed by atoms with E-state index in [9.17, 15) is 9.90 Å². The molecule has 0 aromatic carbocycles. The zero-order valence-corrected chi connectivity index (χ0v) is 10.3. The molecular formula is C14H20O2. The Morgan fingerprint density at radius 2 is 2.25 bits per heavy atom. The fraction of sp³-hybridized carbons (Fsp3) is 0.643. The second-order valence-corrected chi connectivity index (χ2v) is 6.15. The fourth-order valence-corrected chi connectivity index (χ4v) is 3.44. The first-order chi connectivity index (χ1) is 7.24. The predicted octanol–water partition coefficient (Wildman–Crippen LogP) is 2.63. The van der Waals surface area contributed by atoms with Gasteiger partial charge in [-0.1, -0.05) is 19.4 Å². The summed E-state index contributed by atoms with van der Waals surface area (Å²) in [5.74, 6) is 0.386. The van der Waals surface area contributed by atoms with E-state index in [1.165, 1.54) is 0 Å². The lowest BCUT2D eigenvalue weighted by atomic mass is 9.80. The third-order valence-corrected chi connectivity index (χ3v) is 3.92. The molecule has 0 heterocycles. The summed E-state index contributed by atoms with van der Waals surface area (Å²) in [5, 5.41) is 10.7. The lowest BCUT2D eigenvalue weighted by Gasteiger charge is -2.26. The maximum Gasteiger partial charge on any atom is 0.156 e. The number of hydrogen-bond acceptors (Lipinski definition) is 2. The molecule has 1 fully saturated rings. The van der Waals surface area contributed by atoms with E-state index in [0.717, 1.165) is 17.6 Å². The van der Waals surface area contributed by atoms with E-state index >= 15 is 0 Å². The highest BCUT2D eigenvalue weighted by molar-refractivity contribution is 5.94. The SMILES string of the molecule is C=C(C)C[C@]1(O)CC(C)(C)[C@@H]2CC(=O)C=C21. The molecule has 2 aliphatic rings. The minimum absolute atomic E-state index is 0.0161. The van der Waals surface area contributed by atoms with E-state index in [1.54, 1.807) is 6.08 Å². The second kappa shape index (κ2) is 3.30. The van der Waals surface area contributed by atoms with Crippen molar-refractivity contribution in [3.05, 3.63) is 23.8 Å². The Hall–Kier alpha value is -0.890. The average Bonchev–Trinajstić information content (AvgIpc) is 2.51. The molecule has 1 saturated carbocycles. The highest BCUT2D eigenvalue weighted by atomic mass is 16.3. The van der Waals surface area contributed by atoms with Gasteiger partial charge >= 0.3 is 0 Å². The van der Waals surface area contributed by atoms with Crippen LogP contribution in [0.2, 0.25) is 0 Å². The molecule has 2 rings (SSSR count). The highest BCUT2D eigenvalue weighted by Crippen LogP contribution is 2.57. The third-order valence-electron chi connectivity index (χ3n) is 3.92. The van der Waals surface area contributed by atoms with Gasteiger partial charge in [-0.2, -0.15) is 0 Å². The monoisotopic (exact) mass is 220 g/mol. The van der Waals surface area contributed by atoms with Crippen molar-refractivity contribution in [1.82, 2.24) is 0 Å². The molecule has 0 aliphatic heterocycles. The molecule has 2 nitrogen and oxygen atoms in total. The fourth-order valence-electron chi connectivity index (χ4n) is 3.44. The molecule has 1 N–H and O–H groups in total. The highest BCUT2D eigenvalue weighted by Gasteiger charge is 2.54. The first-order valence-corrected chi connectivity index (χ1v) is 5.86. The van der Waals surface area contributed by atoms with E-state index in [0.29, 0.717) is 12.8 Å². The van der Waals surface area contributed by atoms with Crippen LogP contribution in [-0.2, 0) is 4.79 Å². The molecule has 0 radical (unpaired) electrons. The van der Waals surface area contributed by atoms with Crippen molar-refractivity contribution in [1.29, 1.82) is 0 Å². The summed E-state index contributed by atoms with van der Waals surface area (Å²) in [5.41, 5.74) is 1.11. The van der Waals surface area contributed by atoms with Crippen LogP contribution < -0.4 is 0 Å². The molecule has 0 aromatic rings. The van der Waals surface area contributed by atoms with Crippen LogP contribution in [0.4, 0.5) is 0 Å². The average molecular weight is 220 g/mol. The van der Waals surface area contributed by atoms with E-state index in [1.807, 2.05) is 6.92 Å². The van der Waals surface area contributed by atoms with Crippen LogP contribution in [0, 0.1) is 11.3 Å². The van der Waals surface area contributed by atoms with Gasteiger partial charge < -0.3 is 5.11 Å². The van der Waals surface area contributed by atoms with Crippen molar-refractivity contribution >= 4 is 5.78 Å². The Balaban J connectivity index is 2.39. The van der Waals surface area contributed by atoms with E-state index < -0.39 is 5.60 Å². The van der Waals surface area contributed by atoms with Crippen LogP contribution in [0.15, 0.2) is 23.8 Å². The van der Waals surface area contributed by atoms with E-state index in [2.05, 4.69) is 20.4 Å². The van der Waals surface area contributed by atoms with Crippen LogP contribution >= 0.6 is 0 Å². The third kappa shape index (κ3) is 1.65. The normalized spacial score (nSPS) is 36.1.